The van der Waals surface area contributed by atoms with Crippen molar-refractivity contribution in [3.05, 3.63) is 35.9 Å². The van der Waals surface area contributed by atoms with Crippen LogP contribution in [-0.4, -0.2) is 23.1 Å². The van der Waals surface area contributed by atoms with Crippen molar-refractivity contribution in [1.29, 1.82) is 0 Å². The van der Waals surface area contributed by atoms with Crippen LogP contribution >= 0.6 is 0 Å². The fourth-order valence-corrected chi connectivity index (χ4v) is 2.53. The molecule has 0 atom stereocenters. The Balaban J connectivity index is 1.92. The van der Waals surface area contributed by atoms with E-state index in [1.165, 1.54) is 0 Å². The number of carbonyl (C=O) groups is 3. The molecular formula is C17H22N2O3. The van der Waals surface area contributed by atoms with E-state index in [1.807, 2.05) is 32.0 Å². The smallest absolute Gasteiger partial charge is 0.243 e. The molecule has 22 heavy (non-hydrogen) atoms. The highest BCUT2D eigenvalue weighted by Crippen LogP contribution is 2.36. The number of nitrogens with one attached hydrogen (secondary N) is 1. The molecule has 0 aromatic heterocycles. The first kappa shape index (κ1) is 16.2. The van der Waals surface area contributed by atoms with Crippen molar-refractivity contribution in [2.45, 2.75) is 45.1 Å². The molecule has 1 aromatic carbocycles. The molecule has 5 nitrogen and oxygen atoms in total. The minimum absolute atomic E-state index is 0.00874. The molecule has 0 spiro atoms. The molecule has 0 saturated heterocycles. The van der Waals surface area contributed by atoms with Gasteiger partial charge in [0.1, 0.15) is 5.54 Å². The average Bonchev–Trinajstić information content (AvgIpc) is 3.19. The Hall–Kier alpha value is -2.17. The van der Waals surface area contributed by atoms with Crippen LogP contribution in [0.1, 0.15) is 49.9 Å². The van der Waals surface area contributed by atoms with Crippen molar-refractivity contribution >= 4 is 17.6 Å². The van der Waals surface area contributed by atoms with Gasteiger partial charge in [-0.15, -0.1) is 0 Å². The number of primary amides is 1. The van der Waals surface area contributed by atoms with Gasteiger partial charge in [-0.25, -0.2) is 0 Å². The molecule has 1 aliphatic carbocycles. The van der Waals surface area contributed by atoms with Crippen molar-refractivity contribution in [3.8, 4) is 0 Å². The Morgan fingerprint density at radius 2 is 1.73 bits per heavy atom. The van der Waals surface area contributed by atoms with E-state index in [2.05, 4.69) is 5.32 Å². The maximum absolute atomic E-state index is 12.2. The standard InChI is InChI=1S/C17H22N2O3/c1-16(2,10-13(20)12-6-4-3-5-7-12)11-14(21)19-17(8-9-17)15(18)22/h3-7H,8-11H2,1-2H3,(H2,18,22)(H,19,21). The lowest BCUT2D eigenvalue weighted by Gasteiger charge is -2.24. The molecule has 0 bridgehead atoms. The normalized spacial score (nSPS) is 15.9. The number of ketones is 1. The van der Waals surface area contributed by atoms with Crippen LogP contribution in [0.5, 0.6) is 0 Å². The van der Waals surface area contributed by atoms with Gasteiger partial charge in [0.15, 0.2) is 5.78 Å². The van der Waals surface area contributed by atoms with Gasteiger partial charge in [-0.05, 0) is 18.3 Å². The maximum atomic E-state index is 12.2. The van der Waals surface area contributed by atoms with Crippen LogP contribution < -0.4 is 11.1 Å². The van der Waals surface area contributed by atoms with Crippen LogP contribution in [0.25, 0.3) is 0 Å². The second-order valence-corrected chi connectivity index (χ2v) is 6.80. The average molecular weight is 302 g/mol. The number of Topliss-reactive ketones (excluding diaryl/α,β-unsaturated/α-hetero) is 1. The van der Waals surface area contributed by atoms with Crippen LogP contribution in [0.2, 0.25) is 0 Å². The zero-order valence-corrected chi connectivity index (χ0v) is 13.0. The topological polar surface area (TPSA) is 89.3 Å². The van der Waals surface area contributed by atoms with Gasteiger partial charge in [-0.2, -0.15) is 0 Å². The Bertz CT molecular complexity index is 589. The largest absolute Gasteiger partial charge is 0.368 e. The molecule has 0 aliphatic heterocycles. The van der Waals surface area contributed by atoms with Crippen LogP contribution in [0.4, 0.5) is 0 Å². The molecule has 2 amide bonds. The number of benzene rings is 1. The minimum atomic E-state index is -0.851. The Labute approximate surface area is 130 Å². The lowest BCUT2D eigenvalue weighted by atomic mass is 9.82. The van der Waals surface area contributed by atoms with Gasteiger partial charge in [0, 0.05) is 18.4 Å². The number of carbonyl (C=O) groups excluding carboxylic acids is 3. The summed E-state index contributed by atoms with van der Waals surface area (Å²) in [6.45, 7) is 3.74. The van der Waals surface area contributed by atoms with E-state index < -0.39 is 16.9 Å². The summed E-state index contributed by atoms with van der Waals surface area (Å²) in [6.07, 6.45) is 1.64. The number of hydrogen-bond acceptors (Lipinski definition) is 3. The van der Waals surface area contributed by atoms with Gasteiger partial charge in [0.2, 0.25) is 11.8 Å². The van der Waals surface area contributed by atoms with Gasteiger partial charge in [-0.3, -0.25) is 14.4 Å². The molecule has 0 heterocycles. The van der Waals surface area contributed by atoms with Crippen molar-refractivity contribution in [2.75, 3.05) is 0 Å². The first-order chi connectivity index (χ1) is 10.2. The number of amides is 2. The number of rotatable bonds is 7. The first-order valence-corrected chi connectivity index (χ1v) is 7.43. The monoisotopic (exact) mass is 302 g/mol. The summed E-state index contributed by atoms with van der Waals surface area (Å²) in [5.41, 5.74) is 4.61. The SMILES string of the molecule is CC(C)(CC(=O)NC1(C(N)=O)CC1)CC(=O)c1ccccc1. The molecule has 5 heteroatoms. The molecule has 0 unspecified atom stereocenters. The summed E-state index contributed by atoms with van der Waals surface area (Å²) >= 11 is 0. The van der Waals surface area contributed by atoms with Crippen molar-refractivity contribution < 1.29 is 14.4 Å². The van der Waals surface area contributed by atoms with Gasteiger partial charge in [-0.1, -0.05) is 44.2 Å². The Kier molecular flexibility index (Phi) is 4.35. The molecule has 1 fully saturated rings. The zero-order valence-electron chi connectivity index (χ0n) is 13.0. The highest BCUT2D eigenvalue weighted by atomic mass is 16.2. The summed E-state index contributed by atoms with van der Waals surface area (Å²) in [6, 6.07) is 9.02. The van der Waals surface area contributed by atoms with Crippen LogP contribution in [0.3, 0.4) is 0 Å². The van der Waals surface area contributed by atoms with Crippen LogP contribution in [-0.2, 0) is 9.59 Å². The lowest BCUT2D eigenvalue weighted by Crippen LogP contribution is -2.47. The van der Waals surface area contributed by atoms with E-state index in [1.54, 1.807) is 12.1 Å². The Morgan fingerprint density at radius 3 is 2.23 bits per heavy atom. The lowest BCUT2D eigenvalue weighted by molar-refractivity contribution is -0.129. The first-order valence-electron chi connectivity index (χ1n) is 7.43. The van der Waals surface area contributed by atoms with Gasteiger partial charge in [0.25, 0.3) is 0 Å². The van der Waals surface area contributed by atoms with Crippen LogP contribution in [0.15, 0.2) is 30.3 Å². The molecule has 1 saturated carbocycles. The zero-order chi connectivity index (χ0) is 16.4. The third kappa shape index (κ3) is 3.93. The second-order valence-electron chi connectivity index (χ2n) is 6.80. The predicted molar refractivity (Wildman–Crippen MR) is 83.1 cm³/mol. The molecular weight excluding hydrogens is 280 g/mol. The van der Waals surface area contributed by atoms with E-state index in [0.29, 0.717) is 18.4 Å². The molecule has 2 rings (SSSR count). The third-order valence-electron chi connectivity index (χ3n) is 3.97. The van der Waals surface area contributed by atoms with Crippen molar-refractivity contribution in [1.82, 2.24) is 5.32 Å². The molecule has 118 valence electrons. The minimum Gasteiger partial charge on any atom is -0.368 e. The Morgan fingerprint density at radius 1 is 1.14 bits per heavy atom. The van der Waals surface area contributed by atoms with E-state index in [9.17, 15) is 14.4 Å². The molecule has 3 N–H and O–H groups in total. The van der Waals surface area contributed by atoms with Gasteiger partial charge >= 0.3 is 0 Å². The van der Waals surface area contributed by atoms with E-state index >= 15 is 0 Å². The summed E-state index contributed by atoms with van der Waals surface area (Å²) in [4.78, 5) is 35.6. The summed E-state index contributed by atoms with van der Waals surface area (Å²) in [5, 5.41) is 2.71. The van der Waals surface area contributed by atoms with Crippen molar-refractivity contribution in [3.63, 3.8) is 0 Å². The fourth-order valence-electron chi connectivity index (χ4n) is 2.53. The number of hydrogen-bond donors (Lipinski definition) is 2. The second kappa shape index (κ2) is 5.91. The van der Waals surface area contributed by atoms with Crippen molar-refractivity contribution in [2.24, 2.45) is 11.1 Å². The van der Waals surface area contributed by atoms with E-state index in [4.69, 9.17) is 5.73 Å². The fraction of sp³-hybridized carbons (Fsp3) is 0.471. The maximum Gasteiger partial charge on any atom is 0.243 e. The van der Waals surface area contributed by atoms with Crippen LogP contribution in [0, 0.1) is 5.41 Å². The van der Waals surface area contributed by atoms with E-state index in [0.717, 1.165) is 0 Å². The summed E-state index contributed by atoms with van der Waals surface area (Å²) < 4.78 is 0. The molecule has 1 aromatic rings. The summed E-state index contributed by atoms with van der Waals surface area (Å²) in [5.74, 6) is -0.712. The third-order valence-corrected chi connectivity index (χ3v) is 3.97. The van der Waals surface area contributed by atoms with E-state index in [-0.39, 0.29) is 24.5 Å². The predicted octanol–water partition coefficient (Wildman–Crippen LogP) is 1.81. The molecule has 0 radical (unpaired) electrons. The number of nitrogens with two attached hydrogens (primary N) is 1. The summed E-state index contributed by atoms with van der Waals surface area (Å²) in [7, 11) is 0. The molecule has 1 aliphatic rings. The van der Waals surface area contributed by atoms with Gasteiger partial charge in [0.05, 0.1) is 0 Å². The highest BCUT2D eigenvalue weighted by Gasteiger charge is 2.50. The van der Waals surface area contributed by atoms with Gasteiger partial charge < -0.3 is 11.1 Å². The highest BCUT2D eigenvalue weighted by molar-refractivity contribution is 5.97. The quantitative estimate of drug-likeness (QED) is 0.753.